The van der Waals surface area contributed by atoms with Crippen molar-refractivity contribution in [3.63, 3.8) is 0 Å². The highest BCUT2D eigenvalue weighted by Crippen LogP contribution is 2.18. The molecule has 0 aliphatic carbocycles. The quantitative estimate of drug-likeness (QED) is 0.711. The fourth-order valence-electron chi connectivity index (χ4n) is 2.08. The van der Waals surface area contributed by atoms with Gasteiger partial charge in [0.2, 0.25) is 0 Å². The van der Waals surface area contributed by atoms with E-state index in [0.717, 1.165) is 0 Å². The zero-order chi connectivity index (χ0) is 14.7. The van der Waals surface area contributed by atoms with Gasteiger partial charge < -0.3 is 9.80 Å². The van der Waals surface area contributed by atoms with Crippen molar-refractivity contribution in [1.29, 1.82) is 0 Å². The lowest BCUT2D eigenvalue weighted by Gasteiger charge is -2.39. The summed E-state index contributed by atoms with van der Waals surface area (Å²) in [4.78, 5) is 27.8. The number of hydrogen-bond donors (Lipinski definition) is 0. The molecular formula is C14H28N2O2. The van der Waals surface area contributed by atoms with Crippen LogP contribution in [-0.4, -0.2) is 45.8 Å². The first kappa shape index (κ1) is 16.9. The van der Waals surface area contributed by atoms with E-state index >= 15 is 0 Å². The molecule has 0 spiro atoms. The largest absolute Gasteiger partial charge is 0.330 e. The summed E-state index contributed by atoms with van der Waals surface area (Å²) in [5.41, 5.74) is -0.669. The zero-order valence-corrected chi connectivity index (χ0v) is 13.1. The number of amides is 2. The second-order valence-electron chi connectivity index (χ2n) is 6.44. The maximum atomic E-state index is 12.3. The van der Waals surface area contributed by atoms with E-state index in [1.54, 1.807) is 9.80 Å². The fraction of sp³-hybridized carbons (Fsp3) is 0.857. The van der Waals surface area contributed by atoms with E-state index in [2.05, 4.69) is 0 Å². The molecule has 0 aliphatic heterocycles. The van der Waals surface area contributed by atoms with Crippen LogP contribution in [0.4, 0.5) is 0 Å². The lowest BCUT2D eigenvalue weighted by atomic mass is 10.0. The van der Waals surface area contributed by atoms with Gasteiger partial charge in [-0.1, -0.05) is 0 Å². The van der Waals surface area contributed by atoms with Crippen molar-refractivity contribution in [2.75, 3.05) is 13.1 Å². The van der Waals surface area contributed by atoms with Crippen molar-refractivity contribution in [2.24, 2.45) is 0 Å². The van der Waals surface area contributed by atoms with Crippen LogP contribution < -0.4 is 0 Å². The highest BCUT2D eigenvalue weighted by Gasteiger charge is 2.35. The van der Waals surface area contributed by atoms with Gasteiger partial charge >= 0.3 is 11.8 Å². The third kappa shape index (κ3) is 4.00. The lowest BCUT2D eigenvalue weighted by molar-refractivity contribution is -0.157. The van der Waals surface area contributed by atoms with Gasteiger partial charge in [-0.15, -0.1) is 0 Å². The average molecular weight is 256 g/mol. The minimum atomic E-state index is -0.415. The molecule has 0 saturated carbocycles. The van der Waals surface area contributed by atoms with E-state index in [4.69, 9.17) is 0 Å². The van der Waals surface area contributed by atoms with Gasteiger partial charge in [0.05, 0.1) is 0 Å². The number of hydrogen-bond acceptors (Lipinski definition) is 2. The summed E-state index contributed by atoms with van der Waals surface area (Å²) >= 11 is 0. The summed E-state index contributed by atoms with van der Waals surface area (Å²) in [6.45, 7) is 16.5. The van der Waals surface area contributed by atoms with Gasteiger partial charge in [0.1, 0.15) is 0 Å². The summed E-state index contributed by atoms with van der Waals surface area (Å²) in [6.07, 6.45) is 0. The normalized spacial score (nSPS) is 12.2. The topological polar surface area (TPSA) is 40.6 Å². The van der Waals surface area contributed by atoms with Gasteiger partial charge in [0, 0.05) is 24.2 Å². The Morgan fingerprint density at radius 1 is 0.722 bits per heavy atom. The minimum Gasteiger partial charge on any atom is -0.330 e. The Balaban J connectivity index is 5.15. The standard InChI is InChI=1S/C14H28N2O2/c1-9-15(13(3,4)5)11(17)12(18)16(10-2)14(6,7)8/h9-10H2,1-8H3. The van der Waals surface area contributed by atoms with Crippen molar-refractivity contribution < 1.29 is 9.59 Å². The van der Waals surface area contributed by atoms with Gasteiger partial charge in [0.15, 0.2) is 0 Å². The molecule has 2 amide bonds. The first-order valence-corrected chi connectivity index (χ1v) is 6.60. The molecule has 0 aromatic rings. The summed E-state index contributed by atoms with van der Waals surface area (Å²) in [5, 5.41) is 0. The lowest BCUT2D eigenvalue weighted by Crippen LogP contribution is -2.56. The molecule has 4 nitrogen and oxygen atoms in total. The molecule has 0 atom stereocenters. The first-order valence-electron chi connectivity index (χ1n) is 6.60. The summed E-state index contributed by atoms with van der Waals surface area (Å²) in [6, 6.07) is 0. The molecule has 0 aromatic carbocycles. The molecule has 0 radical (unpaired) electrons. The molecular weight excluding hydrogens is 228 g/mol. The fourth-order valence-corrected chi connectivity index (χ4v) is 2.08. The van der Waals surface area contributed by atoms with E-state index < -0.39 is 11.8 Å². The molecule has 0 N–H and O–H groups in total. The SMILES string of the molecule is CCN(C(=O)C(=O)N(CC)C(C)(C)C)C(C)(C)C. The van der Waals surface area contributed by atoms with Gasteiger partial charge in [-0.2, -0.15) is 0 Å². The molecule has 0 aromatic heterocycles. The summed E-state index contributed by atoms with van der Waals surface area (Å²) < 4.78 is 0. The highest BCUT2D eigenvalue weighted by atomic mass is 16.2. The number of rotatable bonds is 2. The number of carbonyl (C=O) groups excluding carboxylic acids is 2. The molecule has 0 bridgehead atoms. The van der Waals surface area contributed by atoms with E-state index in [1.165, 1.54) is 0 Å². The number of nitrogens with zero attached hydrogens (tertiary/aromatic N) is 2. The Hall–Kier alpha value is -1.06. The predicted octanol–water partition coefficient (Wildman–Crippen LogP) is 2.28. The molecule has 0 rings (SSSR count). The highest BCUT2D eigenvalue weighted by molar-refractivity contribution is 6.35. The van der Waals surface area contributed by atoms with Gasteiger partial charge in [-0.05, 0) is 55.4 Å². The molecule has 4 heteroatoms. The Morgan fingerprint density at radius 3 is 1.06 bits per heavy atom. The molecule has 0 heterocycles. The van der Waals surface area contributed by atoms with Crippen LogP contribution in [0.2, 0.25) is 0 Å². The second-order valence-corrected chi connectivity index (χ2v) is 6.44. The summed E-state index contributed by atoms with van der Waals surface area (Å²) in [5.74, 6) is -0.830. The van der Waals surface area contributed by atoms with Gasteiger partial charge in [-0.25, -0.2) is 0 Å². The van der Waals surface area contributed by atoms with Crippen LogP contribution in [0.1, 0.15) is 55.4 Å². The van der Waals surface area contributed by atoms with Crippen LogP contribution in [0.3, 0.4) is 0 Å². The number of likely N-dealkylation sites (N-methyl/N-ethyl adjacent to an activating group) is 2. The second kappa shape index (κ2) is 5.72. The van der Waals surface area contributed by atoms with Crippen LogP contribution in [0, 0.1) is 0 Å². The first-order chi connectivity index (χ1) is 7.96. The van der Waals surface area contributed by atoms with Gasteiger partial charge in [0.25, 0.3) is 0 Å². The molecule has 106 valence electrons. The maximum Gasteiger partial charge on any atom is 0.312 e. The van der Waals surface area contributed by atoms with Crippen LogP contribution in [-0.2, 0) is 9.59 Å². The van der Waals surface area contributed by atoms with Crippen LogP contribution >= 0.6 is 0 Å². The smallest absolute Gasteiger partial charge is 0.312 e. The molecule has 0 aliphatic rings. The van der Waals surface area contributed by atoms with Crippen LogP contribution in [0.15, 0.2) is 0 Å². The van der Waals surface area contributed by atoms with Crippen molar-refractivity contribution in [2.45, 2.75) is 66.5 Å². The Kier molecular flexibility index (Phi) is 5.38. The van der Waals surface area contributed by atoms with E-state index in [0.29, 0.717) is 13.1 Å². The van der Waals surface area contributed by atoms with E-state index in [1.807, 2.05) is 55.4 Å². The van der Waals surface area contributed by atoms with Crippen LogP contribution in [0.5, 0.6) is 0 Å². The Bertz CT molecular complexity index is 279. The predicted molar refractivity (Wildman–Crippen MR) is 74.3 cm³/mol. The van der Waals surface area contributed by atoms with E-state index in [9.17, 15) is 9.59 Å². The minimum absolute atomic E-state index is 0.335. The third-order valence-corrected chi connectivity index (χ3v) is 2.93. The molecule has 0 unspecified atom stereocenters. The third-order valence-electron chi connectivity index (χ3n) is 2.93. The van der Waals surface area contributed by atoms with Crippen molar-refractivity contribution in [1.82, 2.24) is 9.80 Å². The van der Waals surface area contributed by atoms with Gasteiger partial charge in [-0.3, -0.25) is 9.59 Å². The van der Waals surface area contributed by atoms with Crippen molar-refractivity contribution in [3.05, 3.63) is 0 Å². The van der Waals surface area contributed by atoms with E-state index in [-0.39, 0.29) is 11.1 Å². The summed E-state index contributed by atoms with van der Waals surface area (Å²) in [7, 11) is 0. The Morgan fingerprint density at radius 2 is 0.944 bits per heavy atom. The van der Waals surface area contributed by atoms with Crippen LogP contribution in [0.25, 0.3) is 0 Å². The molecule has 0 fully saturated rings. The maximum absolute atomic E-state index is 12.3. The molecule has 18 heavy (non-hydrogen) atoms. The zero-order valence-electron chi connectivity index (χ0n) is 13.1. The molecule has 0 saturated heterocycles. The monoisotopic (exact) mass is 256 g/mol. The van der Waals surface area contributed by atoms with Crippen molar-refractivity contribution >= 4 is 11.8 Å². The number of carbonyl (C=O) groups is 2. The average Bonchev–Trinajstić information content (AvgIpc) is 2.14. The van der Waals surface area contributed by atoms with Crippen molar-refractivity contribution in [3.8, 4) is 0 Å². The Labute approximate surface area is 111 Å².